The number of carbonyl (C=O) groups excluding carboxylic acids is 1. The van der Waals surface area contributed by atoms with E-state index in [0.29, 0.717) is 6.54 Å². The second-order valence-corrected chi connectivity index (χ2v) is 3.67. The van der Waals surface area contributed by atoms with Gasteiger partial charge >= 0.3 is 0 Å². The summed E-state index contributed by atoms with van der Waals surface area (Å²) in [4.78, 5) is 11.3. The molecule has 0 aliphatic heterocycles. The Kier molecular flexibility index (Phi) is 4.10. The molecule has 1 atom stereocenters. The highest BCUT2D eigenvalue weighted by Gasteiger charge is 2.29. The molecule has 1 aliphatic rings. The van der Waals surface area contributed by atoms with Crippen molar-refractivity contribution in [3.05, 3.63) is 12.7 Å². The van der Waals surface area contributed by atoms with Crippen LogP contribution in [0.3, 0.4) is 0 Å². The zero-order valence-electron chi connectivity index (χ0n) is 8.53. The van der Waals surface area contributed by atoms with Gasteiger partial charge in [-0.3, -0.25) is 4.79 Å². The van der Waals surface area contributed by atoms with Crippen LogP contribution in [0, 0.1) is 0 Å². The summed E-state index contributed by atoms with van der Waals surface area (Å²) < 4.78 is 5.49. The summed E-state index contributed by atoms with van der Waals surface area (Å²) in [6.07, 6.45) is 3.13. The minimum Gasteiger partial charge on any atom is -0.365 e. The van der Waals surface area contributed by atoms with Crippen molar-refractivity contribution in [3.63, 3.8) is 0 Å². The maximum Gasteiger partial charge on any atom is 0.249 e. The Hall–Kier alpha value is -0.870. The summed E-state index contributed by atoms with van der Waals surface area (Å²) in [5, 5.41) is 2.68. The second kappa shape index (κ2) is 5.12. The van der Waals surface area contributed by atoms with E-state index in [1.165, 1.54) is 0 Å². The van der Waals surface area contributed by atoms with Crippen LogP contribution in [0.1, 0.15) is 19.8 Å². The summed E-state index contributed by atoms with van der Waals surface area (Å²) in [7, 11) is 0. The smallest absolute Gasteiger partial charge is 0.249 e. The first-order valence-corrected chi connectivity index (χ1v) is 4.93. The normalized spacial score (nSPS) is 27.6. The van der Waals surface area contributed by atoms with E-state index in [2.05, 4.69) is 11.9 Å². The summed E-state index contributed by atoms with van der Waals surface area (Å²) in [5.41, 5.74) is 5.61. The van der Waals surface area contributed by atoms with E-state index >= 15 is 0 Å². The molecule has 0 aromatic heterocycles. The minimum absolute atomic E-state index is 0.0922. The summed E-state index contributed by atoms with van der Waals surface area (Å²) in [5.74, 6) is -0.0922. The van der Waals surface area contributed by atoms with Crippen molar-refractivity contribution in [1.82, 2.24) is 5.32 Å². The zero-order chi connectivity index (χ0) is 10.6. The molecule has 1 fully saturated rings. The van der Waals surface area contributed by atoms with Crippen LogP contribution in [0.4, 0.5) is 0 Å². The molecule has 0 radical (unpaired) electrons. The Labute approximate surface area is 84.5 Å². The van der Waals surface area contributed by atoms with E-state index in [-0.39, 0.29) is 18.1 Å². The van der Waals surface area contributed by atoms with Gasteiger partial charge in [-0.15, -0.1) is 6.58 Å². The van der Waals surface area contributed by atoms with Gasteiger partial charge in [0.15, 0.2) is 0 Å². The van der Waals surface area contributed by atoms with Crippen molar-refractivity contribution >= 4 is 5.91 Å². The average Bonchev–Trinajstić information content (AvgIpc) is 2.11. The highest BCUT2D eigenvalue weighted by molar-refractivity contribution is 5.80. The highest BCUT2D eigenvalue weighted by Crippen LogP contribution is 2.22. The number of hydrogen-bond donors (Lipinski definition) is 2. The molecule has 0 spiro atoms. The number of nitrogens with one attached hydrogen (secondary N) is 1. The van der Waals surface area contributed by atoms with Gasteiger partial charge in [0.2, 0.25) is 5.91 Å². The maximum atomic E-state index is 11.3. The van der Waals surface area contributed by atoms with Crippen LogP contribution in [0.2, 0.25) is 0 Å². The van der Waals surface area contributed by atoms with Crippen LogP contribution in [0.25, 0.3) is 0 Å². The van der Waals surface area contributed by atoms with Crippen molar-refractivity contribution in [1.29, 1.82) is 0 Å². The number of hydrogen-bond acceptors (Lipinski definition) is 3. The van der Waals surface area contributed by atoms with Gasteiger partial charge in [0.05, 0.1) is 6.10 Å². The van der Waals surface area contributed by atoms with E-state index in [4.69, 9.17) is 10.5 Å². The van der Waals surface area contributed by atoms with Crippen molar-refractivity contribution in [3.8, 4) is 0 Å². The Morgan fingerprint density at radius 3 is 2.93 bits per heavy atom. The molecule has 4 heteroatoms. The Balaban J connectivity index is 2.17. The third-order valence-electron chi connectivity index (χ3n) is 2.32. The quantitative estimate of drug-likeness (QED) is 0.619. The first-order chi connectivity index (χ1) is 6.63. The van der Waals surface area contributed by atoms with Gasteiger partial charge in [0.1, 0.15) is 6.10 Å². The Bertz CT molecular complexity index is 212. The van der Waals surface area contributed by atoms with Crippen LogP contribution in [-0.2, 0) is 9.53 Å². The first kappa shape index (κ1) is 11.2. The monoisotopic (exact) mass is 198 g/mol. The molecule has 0 aromatic rings. The van der Waals surface area contributed by atoms with Crippen LogP contribution < -0.4 is 11.1 Å². The molecule has 1 unspecified atom stereocenters. The number of amides is 1. The maximum absolute atomic E-state index is 11.3. The predicted octanol–water partition coefficient (Wildman–Crippen LogP) is 0.183. The molecule has 1 aliphatic carbocycles. The fourth-order valence-electron chi connectivity index (χ4n) is 1.38. The molecule has 1 rings (SSSR count). The van der Waals surface area contributed by atoms with E-state index < -0.39 is 6.10 Å². The van der Waals surface area contributed by atoms with Gasteiger partial charge in [0.25, 0.3) is 0 Å². The number of rotatable bonds is 5. The molecule has 0 saturated heterocycles. The average molecular weight is 198 g/mol. The molecule has 3 N–H and O–H groups in total. The summed E-state index contributed by atoms with van der Waals surface area (Å²) in [6, 6.07) is 0.253. The molecule has 1 saturated carbocycles. The molecule has 14 heavy (non-hydrogen) atoms. The van der Waals surface area contributed by atoms with Crippen molar-refractivity contribution in [2.45, 2.75) is 38.0 Å². The SMILES string of the molecule is C=CCNC(=O)C(C)OC1CC(N)C1. The fourth-order valence-corrected chi connectivity index (χ4v) is 1.38. The fraction of sp³-hybridized carbons (Fsp3) is 0.700. The van der Waals surface area contributed by atoms with Crippen molar-refractivity contribution in [2.24, 2.45) is 5.73 Å². The minimum atomic E-state index is -0.396. The lowest BCUT2D eigenvalue weighted by Gasteiger charge is -2.33. The van der Waals surface area contributed by atoms with E-state index in [9.17, 15) is 4.79 Å². The molecular weight excluding hydrogens is 180 g/mol. The molecule has 80 valence electrons. The highest BCUT2D eigenvalue weighted by atomic mass is 16.5. The van der Waals surface area contributed by atoms with Gasteiger partial charge in [0, 0.05) is 12.6 Å². The van der Waals surface area contributed by atoms with Crippen LogP contribution >= 0.6 is 0 Å². The number of ether oxygens (including phenoxy) is 1. The van der Waals surface area contributed by atoms with Crippen molar-refractivity contribution in [2.75, 3.05) is 6.54 Å². The van der Waals surface area contributed by atoms with Crippen molar-refractivity contribution < 1.29 is 9.53 Å². The lowest BCUT2D eigenvalue weighted by atomic mass is 9.90. The van der Waals surface area contributed by atoms with E-state index in [1.807, 2.05) is 0 Å². The Morgan fingerprint density at radius 1 is 1.79 bits per heavy atom. The van der Waals surface area contributed by atoms with Gasteiger partial charge in [-0.25, -0.2) is 0 Å². The first-order valence-electron chi connectivity index (χ1n) is 4.93. The topological polar surface area (TPSA) is 64.3 Å². The van der Waals surface area contributed by atoms with Gasteiger partial charge in [-0.2, -0.15) is 0 Å². The largest absolute Gasteiger partial charge is 0.365 e. The molecule has 0 bridgehead atoms. The lowest BCUT2D eigenvalue weighted by molar-refractivity contribution is -0.139. The summed E-state index contributed by atoms with van der Waals surface area (Å²) >= 11 is 0. The predicted molar refractivity (Wildman–Crippen MR) is 54.8 cm³/mol. The molecule has 1 amide bonds. The second-order valence-electron chi connectivity index (χ2n) is 3.67. The third kappa shape index (κ3) is 3.12. The van der Waals surface area contributed by atoms with Crippen LogP contribution in [0.15, 0.2) is 12.7 Å². The molecule has 0 aromatic carbocycles. The number of carbonyl (C=O) groups is 1. The Morgan fingerprint density at radius 2 is 2.43 bits per heavy atom. The van der Waals surface area contributed by atoms with Crippen LogP contribution in [0.5, 0.6) is 0 Å². The van der Waals surface area contributed by atoms with Crippen LogP contribution in [-0.4, -0.2) is 30.7 Å². The lowest BCUT2D eigenvalue weighted by Crippen LogP contribution is -2.46. The zero-order valence-corrected chi connectivity index (χ0v) is 8.53. The molecule has 4 nitrogen and oxygen atoms in total. The third-order valence-corrected chi connectivity index (χ3v) is 2.32. The standard InChI is InChI=1S/C10H18N2O2/c1-3-4-12-10(13)7(2)14-9-5-8(11)6-9/h3,7-9H,1,4-6,11H2,2H3,(H,12,13). The number of nitrogens with two attached hydrogens (primary N) is 1. The summed E-state index contributed by atoms with van der Waals surface area (Å²) in [6.45, 7) is 5.75. The molecule has 0 heterocycles. The van der Waals surface area contributed by atoms with Gasteiger partial charge in [-0.05, 0) is 19.8 Å². The van der Waals surface area contributed by atoms with Gasteiger partial charge < -0.3 is 15.8 Å². The van der Waals surface area contributed by atoms with E-state index in [0.717, 1.165) is 12.8 Å². The van der Waals surface area contributed by atoms with E-state index in [1.54, 1.807) is 13.0 Å². The molecular formula is C10H18N2O2. The van der Waals surface area contributed by atoms with Gasteiger partial charge in [-0.1, -0.05) is 6.08 Å².